The smallest absolute Gasteiger partial charge is 0.422 e. The second-order valence-electron chi connectivity index (χ2n) is 6.96. The molecule has 0 bridgehead atoms. The lowest BCUT2D eigenvalue weighted by Crippen LogP contribution is -2.33. The van der Waals surface area contributed by atoms with Crippen LogP contribution in [0.3, 0.4) is 0 Å². The van der Waals surface area contributed by atoms with Crippen molar-refractivity contribution in [2.45, 2.75) is 52.2 Å². The Hall–Kier alpha value is -2.64. The number of unbranched alkanes of at least 4 members (excludes halogenated alkanes) is 2. The molecule has 0 spiro atoms. The minimum Gasteiger partial charge on any atom is -0.444 e. The van der Waals surface area contributed by atoms with Crippen LogP contribution < -0.4 is 16.7 Å². The van der Waals surface area contributed by atoms with E-state index in [1.165, 1.54) is 10.6 Å². The summed E-state index contributed by atoms with van der Waals surface area (Å²) in [6.45, 7) is 6.10. The van der Waals surface area contributed by atoms with Crippen LogP contribution in [-0.2, 0) is 11.3 Å². The number of halogens is 1. The molecule has 1 N–H and O–H groups in total. The molecule has 26 heavy (non-hydrogen) atoms. The Morgan fingerprint density at radius 2 is 1.96 bits per heavy atom. The lowest BCUT2D eigenvalue weighted by atomic mass is 10.2. The third-order valence-corrected chi connectivity index (χ3v) is 3.60. The maximum absolute atomic E-state index is 13.5. The van der Waals surface area contributed by atoms with E-state index in [0.717, 1.165) is 18.6 Å². The number of hydrogen-bond donors (Lipinski definition) is 1. The van der Waals surface area contributed by atoms with E-state index >= 15 is 0 Å². The quantitative estimate of drug-likeness (QED) is 0.794. The first-order valence-corrected chi connectivity index (χ1v) is 8.47. The average Bonchev–Trinajstić information content (AvgIpc) is 2.51. The number of ether oxygens (including phenoxy) is 1. The summed E-state index contributed by atoms with van der Waals surface area (Å²) in [5, 5.41) is 2.82. The minimum atomic E-state index is -0.806. The average molecular weight is 366 g/mol. The standard InChI is InChI=1S/C18H23FN2O5/c1-18(2,3)26-16(23)20-9-5-4-6-10-21-14-11-12(19)7-8-13(14)15(22)25-17(21)24/h7-8,11H,4-6,9-10H2,1-3H3,(H,20,23). The van der Waals surface area contributed by atoms with Crippen molar-refractivity contribution in [3.63, 3.8) is 0 Å². The van der Waals surface area contributed by atoms with Gasteiger partial charge in [0.05, 0.1) is 10.9 Å². The number of amides is 1. The number of aryl methyl sites for hydroxylation is 1. The summed E-state index contributed by atoms with van der Waals surface area (Å²) in [5.41, 5.74) is -1.10. The van der Waals surface area contributed by atoms with E-state index in [1.807, 2.05) is 0 Å². The Balaban J connectivity index is 1.89. The van der Waals surface area contributed by atoms with Crippen LogP contribution in [0, 0.1) is 5.82 Å². The molecule has 2 rings (SSSR count). The van der Waals surface area contributed by atoms with Gasteiger partial charge in [0.25, 0.3) is 0 Å². The highest BCUT2D eigenvalue weighted by Crippen LogP contribution is 2.12. The van der Waals surface area contributed by atoms with Gasteiger partial charge in [-0.2, -0.15) is 0 Å². The molecule has 0 saturated heterocycles. The first-order chi connectivity index (χ1) is 12.2. The van der Waals surface area contributed by atoms with Crippen molar-refractivity contribution in [2.24, 2.45) is 0 Å². The van der Waals surface area contributed by atoms with Crippen LogP contribution in [0.15, 0.2) is 32.2 Å². The Morgan fingerprint density at radius 3 is 2.65 bits per heavy atom. The number of nitrogens with zero attached hydrogens (tertiary/aromatic N) is 1. The summed E-state index contributed by atoms with van der Waals surface area (Å²) in [6, 6.07) is 3.60. The van der Waals surface area contributed by atoms with E-state index in [-0.39, 0.29) is 17.4 Å². The summed E-state index contributed by atoms with van der Waals surface area (Å²) in [5.74, 6) is -1.34. The van der Waals surface area contributed by atoms with Crippen molar-refractivity contribution in [1.82, 2.24) is 9.88 Å². The van der Waals surface area contributed by atoms with E-state index in [0.29, 0.717) is 19.4 Å². The largest absolute Gasteiger partial charge is 0.444 e. The van der Waals surface area contributed by atoms with Crippen LogP contribution in [0.2, 0.25) is 0 Å². The second-order valence-corrected chi connectivity index (χ2v) is 6.96. The molecule has 142 valence electrons. The van der Waals surface area contributed by atoms with Gasteiger partial charge in [-0.05, 0) is 58.2 Å². The fourth-order valence-electron chi connectivity index (χ4n) is 2.48. The van der Waals surface area contributed by atoms with Gasteiger partial charge in [-0.1, -0.05) is 0 Å². The molecule has 0 aliphatic rings. The molecule has 0 radical (unpaired) electrons. The van der Waals surface area contributed by atoms with Crippen molar-refractivity contribution >= 4 is 17.0 Å². The molecule has 2 aromatic rings. The summed E-state index contributed by atoms with van der Waals surface area (Å²) >= 11 is 0. The van der Waals surface area contributed by atoms with Gasteiger partial charge in [-0.15, -0.1) is 0 Å². The highest BCUT2D eigenvalue weighted by Gasteiger charge is 2.15. The molecule has 1 amide bonds. The molecular weight excluding hydrogens is 343 g/mol. The van der Waals surface area contributed by atoms with Crippen molar-refractivity contribution in [3.8, 4) is 0 Å². The Morgan fingerprint density at radius 1 is 1.23 bits per heavy atom. The number of hydrogen-bond acceptors (Lipinski definition) is 5. The maximum atomic E-state index is 13.5. The van der Waals surface area contributed by atoms with Gasteiger partial charge >= 0.3 is 17.5 Å². The van der Waals surface area contributed by atoms with Crippen LogP contribution in [0.4, 0.5) is 9.18 Å². The number of carbonyl (C=O) groups is 1. The van der Waals surface area contributed by atoms with Gasteiger partial charge in [0.2, 0.25) is 0 Å². The first kappa shape index (κ1) is 19.7. The van der Waals surface area contributed by atoms with Crippen molar-refractivity contribution in [2.75, 3.05) is 6.54 Å². The Bertz CT molecular complexity index is 895. The fraction of sp³-hybridized carbons (Fsp3) is 0.500. The number of alkyl carbamates (subject to hydrolysis) is 1. The van der Waals surface area contributed by atoms with Crippen LogP contribution >= 0.6 is 0 Å². The summed E-state index contributed by atoms with van der Waals surface area (Å²) in [7, 11) is 0. The highest BCUT2D eigenvalue weighted by molar-refractivity contribution is 5.77. The van der Waals surface area contributed by atoms with E-state index in [9.17, 15) is 18.8 Å². The lowest BCUT2D eigenvalue weighted by molar-refractivity contribution is 0.0527. The number of nitrogens with one attached hydrogen (secondary N) is 1. The number of aromatic nitrogens is 1. The Kier molecular flexibility index (Phi) is 6.18. The number of fused-ring (bicyclic) bond motifs is 1. The lowest BCUT2D eigenvalue weighted by Gasteiger charge is -2.19. The van der Waals surface area contributed by atoms with Gasteiger partial charge < -0.3 is 14.5 Å². The van der Waals surface area contributed by atoms with Crippen molar-refractivity contribution < 1.29 is 18.3 Å². The van der Waals surface area contributed by atoms with Crippen LogP contribution in [0.25, 0.3) is 10.9 Å². The Labute approximate surface area is 149 Å². The molecule has 0 fully saturated rings. The fourth-order valence-corrected chi connectivity index (χ4v) is 2.48. The number of benzene rings is 1. The van der Waals surface area contributed by atoms with E-state index in [1.54, 1.807) is 20.8 Å². The van der Waals surface area contributed by atoms with Gasteiger partial charge in [0, 0.05) is 13.1 Å². The summed E-state index contributed by atoms with van der Waals surface area (Å²) in [6.07, 6.45) is 1.55. The molecule has 1 aromatic carbocycles. The van der Waals surface area contributed by atoms with E-state index < -0.39 is 28.9 Å². The molecule has 0 aliphatic carbocycles. The zero-order valence-electron chi connectivity index (χ0n) is 15.1. The van der Waals surface area contributed by atoms with Crippen molar-refractivity contribution in [1.29, 1.82) is 0 Å². The maximum Gasteiger partial charge on any atom is 0.422 e. The molecule has 0 saturated carbocycles. The zero-order chi connectivity index (χ0) is 19.3. The molecule has 0 atom stereocenters. The van der Waals surface area contributed by atoms with Gasteiger partial charge in [-0.25, -0.2) is 18.8 Å². The first-order valence-electron chi connectivity index (χ1n) is 8.47. The molecule has 0 aliphatic heterocycles. The predicted molar refractivity (Wildman–Crippen MR) is 94.8 cm³/mol. The number of carbonyl (C=O) groups excluding carboxylic acids is 1. The van der Waals surface area contributed by atoms with Crippen molar-refractivity contribution in [3.05, 3.63) is 45.0 Å². The highest BCUT2D eigenvalue weighted by atomic mass is 19.1. The topological polar surface area (TPSA) is 90.5 Å². The molecule has 1 heterocycles. The molecule has 8 heteroatoms. The van der Waals surface area contributed by atoms with Crippen LogP contribution in [0.1, 0.15) is 40.0 Å². The van der Waals surface area contributed by atoms with E-state index in [4.69, 9.17) is 4.74 Å². The monoisotopic (exact) mass is 366 g/mol. The second kappa shape index (κ2) is 8.16. The van der Waals surface area contributed by atoms with Gasteiger partial charge in [0.15, 0.2) is 0 Å². The molecule has 1 aromatic heterocycles. The minimum absolute atomic E-state index is 0.164. The third-order valence-electron chi connectivity index (χ3n) is 3.60. The summed E-state index contributed by atoms with van der Waals surface area (Å²) in [4.78, 5) is 35.1. The molecular formula is C18H23FN2O5. The molecule has 7 nitrogen and oxygen atoms in total. The molecule has 0 unspecified atom stereocenters. The van der Waals surface area contributed by atoms with Crippen LogP contribution in [0.5, 0.6) is 0 Å². The van der Waals surface area contributed by atoms with Crippen LogP contribution in [-0.4, -0.2) is 22.8 Å². The van der Waals surface area contributed by atoms with E-state index in [2.05, 4.69) is 9.73 Å². The summed E-state index contributed by atoms with van der Waals surface area (Å²) < 4.78 is 24.5. The normalized spacial score (nSPS) is 11.5. The SMILES string of the molecule is CC(C)(C)OC(=O)NCCCCCn1c(=O)oc(=O)c2ccc(F)cc21. The third kappa shape index (κ3) is 5.44. The van der Waals surface area contributed by atoms with Gasteiger partial charge in [0.1, 0.15) is 11.4 Å². The number of rotatable bonds is 6. The zero-order valence-corrected chi connectivity index (χ0v) is 15.1. The predicted octanol–water partition coefficient (Wildman–Crippen LogP) is 2.79. The van der Waals surface area contributed by atoms with Gasteiger partial charge in [-0.3, -0.25) is 4.57 Å².